The van der Waals surface area contributed by atoms with Crippen LogP contribution in [0.15, 0.2) is 54.6 Å². The minimum Gasteiger partial charge on any atom is -0.376 e. The minimum absolute atomic E-state index is 0.0119. The van der Waals surface area contributed by atoms with Gasteiger partial charge in [0.15, 0.2) is 0 Å². The number of nitrogens with one attached hydrogen (secondary N) is 1. The summed E-state index contributed by atoms with van der Waals surface area (Å²) in [4.78, 5) is 27.3. The predicted molar refractivity (Wildman–Crippen MR) is 129 cm³/mol. The fourth-order valence-electron chi connectivity index (χ4n) is 5.79. The summed E-state index contributed by atoms with van der Waals surface area (Å²) >= 11 is 0. The van der Waals surface area contributed by atoms with Crippen molar-refractivity contribution in [2.45, 2.75) is 44.5 Å². The lowest BCUT2D eigenvalue weighted by atomic mass is 9.79. The third-order valence-electron chi connectivity index (χ3n) is 7.86. The number of carbonyl (C=O) groups excluding carboxylic acids is 2. The number of anilines is 1. The van der Waals surface area contributed by atoms with Crippen molar-refractivity contribution in [1.29, 1.82) is 0 Å². The highest BCUT2D eigenvalue weighted by molar-refractivity contribution is 5.94. The summed E-state index contributed by atoms with van der Waals surface area (Å²) in [5, 5.41) is 2.47. The van der Waals surface area contributed by atoms with E-state index in [2.05, 4.69) is 22.3 Å². The first kappa shape index (κ1) is 25.0. The number of fused-ring (bicyclic) bond motifs is 1. The number of hydrogen-bond donors (Lipinski definition) is 1. The first-order chi connectivity index (χ1) is 17.3. The quantitative estimate of drug-likeness (QED) is 0.489. The lowest BCUT2D eigenvalue weighted by Gasteiger charge is -2.42. The van der Waals surface area contributed by atoms with Gasteiger partial charge in [0, 0.05) is 50.2 Å². The number of Topliss-reactive ketones (excluding diaryl/α,β-unsaturated/α-hetero) is 1. The number of benzene rings is 2. The summed E-state index contributed by atoms with van der Waals surface area (Å²) in [6.45, 7) is 3.33. The van der Waals surface area contributed by atoms with Crippen molar-refractivity contribution in [3.8, 4) is 0 Å². The van der Waals surface area contributed by atoms with Crippen LogP contribution >= 0.6 is 0 Å². The molecule has 3 atom stereocenters. The zero-order valence-electron chi connectivity index (χ0n) is 20.0. The molecule has 5 rings (SSSR count). The van der Waals surface area contributed by atoms with E-state index in [4.69, 9.17) is 4.74 Å². The molecular weight excluding hydrogens is 469 g/mol. The lowest BCUT2D eigenvalue weighted by Crippen LogP contribution is -2.46. The summed E-state index contributed by atoms with van der Waals surface area (Å²) in [7, 11) is 0. The molecule has 1 unspecified atom stereocenters. The van der Waals surface area contributed by atoms with Crippen molar-refractivity contribution in [2.75, 3.05) is 25.0 Å². The summed E-state index contributed by atoms with van der Waals surface area (Å²) in [5.41, 5.74) is 0.464. The standard InChI is InChI=1S/C28H31F3N2O3/c29-28(30,31)20-7-4-8-21(13-20)32-26(35)10-9-25(34)27-23-14-33(15-24(23)27)22-11-19(12-22)17-36-16-18-5-2-1-3-6-18/h1-8,13,19,22-24,27H,9-12,14-17H2,(H,32,35)/t19?,22?,23-,24+,27?. The molecule has 0 bridgehead atoms. The maximum absolute atomic E-state index is 12.8. The van der Waals surface area contributed by atoms with E-state index < -0.39 is 17.6 Å². The fraction of sp³-hybridized carbons (Fsp3) is 0.500. The van der Waals surface area contributed by atoms with Gasteiger partial charge in [0.1, 0.15) is 5.78 Å². The molecule has 3 aliphatic rings. The predicted octanol–water partition coefficient (Wildman–Crippen LogP) is 5.17. The van der Waals surface area contributed by atoms with Crippen LogP contribution in [0.4, 0.5) is 18.9 Å². The van der Waals surface area contributed by atoms with Gasteiger partial charge in [-0.05, 0) is 54.4 Å². The van der Waals surface area contributed by atoms with Crippen molar-refractivity contribution in [1.82, 2.24) is 4.90 Å². The van der Waals surface area contributed by atoms with Crippen LogP contribution in [0.25, 0.3) is 0 Å². The second kappa shape index (κ2) is 10.3. The number of ether oxygens (including phenoxy) is 1. The SMILES string of the molecule is O=C(CCC(=O)C1[C@H]2CN(C3CC(COCc4ccccc4)C3)C[C@@H]12)Nc1cccc(C(F)(F)F)c1. The van der Waals surface area contributed by atoms with Crippen LogP contribution in [0.1, 0.15) is 36.8 Å². The first-order valence-corrected chi connectivity index (χ1v) is 12.6. The van der Waals surface area contributed by atoms with Crippen molar-refractivity contribution in [3.63, 3.8) is 0 Å². The third-order valence-corrected chi connectivity index (χ3v) is 7.86. The highest BCUT2D eigenvalue weighted by Gasteiger charge is 2.60. The molecule has 2 aromatic rings. The van der Waals surface area contributed by atoms with Gasteiger partial charge >= 0.3 is 6.18 Å². The molecule has 1 aliphatic heterocycles. The van der Waals surface area contributed by atoms with Crippen LogP contribution in [-0.4, -0.2) is 42.3 Å². The molecular formula is C28H31F3N2O3. The summed E-state index contributed by atoms with van der Waals surface area (Å²) in [6, 6.07) is 15.3. The van der Waals surface area contributed by atoms with Crippen LogP contribution in [0.3, 0.4) is 0 Å². The van der Waals surface area contributed by atoms with Gasteiger partial charge in [-0.1, -0.05) is 36.4 Å². The number of halogens is 3. The Balaban J connectivity index is 0.971. The van der Waals surface area contributed by atoms with E-state index in [1.165, 1.54) is 17.7 Å². The van der Waals surface area contributed by atoms with E-state index >= 15 is 0 Å². The maximum atomic E-state index is 12.8. The lowest BCUT2D eigenvalue weighted by molar-refractivity contribution is -0.137. The summed E-state index contributed by atoms with van der Waals surface area (Å²) in [5.74, 6) is 1.07. The minimum atomic E-state index is -4.47. The molecule has 8 heteroatoms. The number of amides is 1. The van der Waals surface area contributed by atoms with Gasteiger partial charge in [-0.2, -0.15) is 13.2 Å². The normalized spacial score (nSPS) is 27.2. The molecule has 1 saturated heterocycles. The molecule has 0 aromatic heterocycles. The van der Waals surface area contributed by atoms with Gasteiger partial charge < -0.3 is 10.1 Å². The van der Waals surface area contributed by atoms with Gasteiger partial charge in [0.2, 0.25) is 5.91 Å². The van der Waals surface area contributed by atoms with Gasteiger partial charge in [-0.3, -0.25) is 14.5 Å². The number of piperidine rings is 1. The Morgan fingerprint density at radius 2 is 1.69 bits per heavy atom. The molecule has 5 nitrogen and oxygen atoms in total. The topological polar surface area (TPSA) is 58.6 Å². The molecule has 3 fully saturated rings. The smallest absolute Gasteiger partial charge is 0.376 e. The second-order valence-corrected chi connectivity index (χ2v) is 10.4. The Morgan fingerprint density at radius 3 is 2.39 bits per heavy atom. The zero-order chi connectivity index (χ0) is 25.3. The van der Waals surface area contributed by atoms with Crippen molar-refractivity contribution >= 4 is 17.4 Å². The highest BCUT2D eigenvalue weighted by atomic mass is 19.4. The van der Waals surface area contributed by atoms with Crippen LogP contribution in [0.5, 0.6) is 0 Å². The van der Waals surface area contributed by atoms with Crippen LogP contribution in [-0.2, 0) is 27.1 Å². The number of alkyl halides is 3. The molecule has 2 saturated carbocycles. The molecule has 2 aromatic carbocycles. The molecule has 0 radical (unpaired) electrons. The molecule has 1 N–H and O–H groups in total. The van der Waals surface area contributed by atoms with Crippen molar-refractivity contribution < 1.29 is 27.5 Å². The number of likely N-dealkylation sites (tertiary alicyclic amines) is 1. The Labute approximate surface area is 209 Å². The zero-order valence-corrected chi connectivity index (χ0v) is 20.0. The average Bonchev–Trinajstić information content (AvgIpc) is 3.33. The first-order valence-electron chi connectivity index (χ1n) is 12.6. The number of hydrogen-bond acceptors (Lipinski definition) is 4. The largest absolute Gasteiger partial charge is 0.416 e. The Kier molecular flexibility index (Phi) is 7.17. The van der Waals surface area contributed by atoms with Crippen molar-refractivity contribution in [3.05, 3.63) is 65.7 Å². The summed E-state index contributed by atoms with van der Waals surface area (Å²) < 4.78 is 44.4. The van der Waals surface area contributed by atoms with E-state index in [0.29, 0.717) is 30.4 Å². The van der Waals surface area contributed by atoms with E-state index in [0.717, 1.165) is 44.7 Å². The molecule has 2 aliphatic carbocycles. The summed E-state index contributed by atoms with van der Waals surface area (Å²) in [6.07, 6.45) is -2.06. The van der Waals surface area contributed by atoms with Gasteiger partial charge in [-0.15, -0.1) is 0 Å². The monoisotopic (exact) mass is 500 g/mol. The van der Waals surface area contributed by atoms with E-state index in [-0.39, 0.29) is 30.2 Å². The molecule has 1 amide bonds. The van der Waals surface area contributed by atoms with Crippen molar-refractivity contribution in [2.24, 2.45) is 23.7 Å². The van der Waals surface area contributed by atoms with Gasteiger partial charge in [0.05, 0.1) is 12.2 Å². The number of carbonyl (C=O) groups is 2. The molecule has 36 heavy (non-hydrogen) atoms. The fourth-order valence-corrected chi connectivity index (χ4v) is 5.79. The number of rotatable bonds is 10. The molecule has 192 valence electrons. The Hall–Kier alpha value is -2.71. The Morgan fingerprint density at radius 1 is 0.972 bits per heavy atom. The Bertz CT molecular complexity index is 1070. The number of nitrogens with zero attached hydrogens (tertiary/aromatic N) is 1. The average molecular weight is 501 g/mol. The van der Waals surface area contributed by atoms with E-state index in [1.807, 2.05) is 18.2 Å². The van der Waals surface area contributed by atoms with E-state index in [9.17, 15) is 22.8 Å². The van der Waals surface area contributed by atoms with E-state index in [1.54, 1.807) is 0 Å². The van der Waals surface area contributed by atoms with Crippen LogP contribution < -0.4 is 5.32 Å². The molecule has 0 spiro atoms. The highest BCUT2D eigenvalue weighted by Crippen LogP contribution is 2.54. The van der Waals surface area contributed by atoms with Crippen LogP contribution in [0, 0.1) is 23.7 Å². The van der Waals surface area contributed by atoms with Gasteiger partial charge in [0.25, 0.3) is 0 Å². The van der Waals surface area contributed by atoms with Crippen LogP contribution in [0.2, 0.25) is 0 Å². The second-order valence-electron chi connectivity index (χ2n) is 10.4. The third kappa shape index (κ3) is 5.81. The maximum Gasteiger partial charge on any atom is 0.416 e. The molecule has 1 heterocycles. The number of ketones is 1. The van der Waals surface area contributed by atoms with Gasteiger partial charge in [-0.25, -0.2) is 0 Å².